The fourth-order valence-corrected chi connectivity index (χ4v) is 7.00. The third kappa shape index (κ3) is 6.93. The molecule has 6 rings (SSSR count). The van der Waals surface area contributed by atoms with Crippen LogP contribution in [0.4, 0.5) is 5.69 Å². The maximum atomic E-state index is 13.4. The number of piperidine rings is 2. The zero-order valence-corrected chi connectivity index (χ0v) is 27.9. The summed E-state index contributed by atoms with van der Waals surface area (Å²) in [6, 6.07) is 20.3. The van der Waals surface area contributed by atoms with Crippen LogP contribution < -0.4 is 33.2 Å². The summed E-state index contributed by atoms with van der Waals surface area (Å²) in [6.45, 7) is 1.25. The number of phenols is 1. The molecular weight excluding hydrogens is 652 g/mol. The van der Waals surface area contributed by atoms with Gasteiger partial charge in [-0.2, -0.15) is 0 Å². The van der Waals surface area contributed by atoms with Gasteiger partial charge in [0.25, 0.3) is 11.8 Å². The Morgan fingerprint density at radius 1 is 0.922 bits per heavy atom. The minimum atomic E-state index is -1.09. The Morgan fingerprint density at radius 2 is 1.63 bits per heavy atom. The molecule has 0 radical (unpaired) electrons. The van der Waals surface area contributed by atoms with Crippen LogP contribution in [0.1, 0.15) is 57.5 Å². The van der Waals surface area contributed by atoms with E-state index in [9.17, 15) is 29.1 Å². The molecule has 0 saturated carbocycles. The number of carbonyl (C=O) groups excluding carboxylic acids is 5. The molecule has 0 spiro atoms. The predicted molar refractivity (Wildman–Crippen MR) is 189 cm³/mol. The van der Waals surface area contributed by atoms with Crippen molar-refractivity contribution in [3.8, 4) is 5.75 Å². The zero-order valence-electron chi connectivity index (χ0n) is 27.9. The first-order valence-corrected chi connectivity index (χ1v) is 16.7. The van der Waals surface area contributed by atoms with Gasteiger partial charge in [0.05, 0.1) is 23.4 Å². The zero-order chi connectivity index (χ0) is 36.3. The Labute approximate surface area is 294 Å². The quantitative estimate of drug-likeness (QED) is 0.119. The molecule has 3 aromatic carbocycles. The molecule has 1 atom stereocenters. The van der Waals surface area contributed by atoms with Crippen molar-refractivity contribution in [2.75, 3.05) is 31.5 Å². The van der Waals surface area contributed by atoms with E-state index in [1.54, 1.807) is 42.5 Å². The highest BCUT2D eigenvalue weighted by Crippen LogP contribution is 2.37. The molecule has 14 heteroatoms. The fraction of sp³-hybridized carbons (Fsp3) is 0.270. The molecule has 14 nitrogen and oxygen atoms in total. The summed E-state index contributed by atoms with van der Waals surface area (Å²) >= 11 is 0. The van der Waals surface area contributed by atoms with Crippen LogP contribution >= 0.6 is 0 Å². The average Bonchev–Trinajstić information content (AvgIpc) is 3.38. The molecule has 3 aliphatic rings. The van der Waals surface area contributed by atoms with Gasteiger partial charge in [0.2, 0.25) is 17.7 Å². The highest BCUT2D eigenvalue weighted by atomic mass is 16.3. The number of rotatable bonds is 10. The number of imide groups is 2. The first-order valence-electron chi connectivity index (χ1n) is 16.7. The number of anilines is 1. The van der Waals surface area contributed by atoms with E-state index in [0.29, 0.717) is 49.4 Å². The number of amides is 5. The molecule has 0 aromatic heterocycles. The van der Waals surface area contributed by atoms with Crippen molar-refractivity contribution < 1.29 is 29.1 Å². The van der Waals surface area contributed by atoms with Crippen molar-refractivity contribution in [3.63, 3.8) is 0 Å². The number of carbonyl (C=O) groups is 5. The van der Waals surface area contributed by atoms with Gasteiger partial charge in [-0.3, -0.25) is 34.2 Å². The lowest BCUT2D eigenvalue weighted by molar-refractivity contribution is -0.136. The van der Waals surface area contributed by atoms with Gasteiger partial charge in [0.1, 0.15) is 17.6 Å². The van der Waals surface area contributed by atoms with E-state index in [0.717, 1.165) is 10.5 Å². The molecule has 3 heterocycles. The Balaban J connectivity index is 1.13. The van der Waals surface area contributed by atoms with Gasteiger partial charge < -0.3 is 37.8 Å². The molecule has 51 heavy (non-hydrogen) atoms. The second-order valence-electron chi connectivity index (χ2n) is 12.9. The molecule has 3 aromatic rings. The smallest absolute Gasteiger partial charge is 0.264 e. The van der Waals surface area contributed by atoms with Crippen molar-refractivity contribution in [2.45, 2.75) is 37.1 Å². The van der Waals surface area contributed by atoms with Gasteiger partial charge in [-0.05, 0) is 55.2 Å². The summed E-state index contributed by atoms with van der Waals surface area (Å²) < 4.78 is 0. The van der Waals surface area contributed by atoms with E-state index in [-0.39, 0.29) is 53.7 Å². The summed E-state index contributed by atoms with van der Waals surface area (Å²) in [5.41, 5.74) is 21.0. The van der Waals surface area contributed by atoms with Crippen LogP contribution in [0, 0.1) is 0 Å². The third-order valence-corrected chi connectivity index (χ3v) is 9.78. The number of likely N-dealkylation sites (tertiary alicyclic amines) is 1. The van der Waals surface area contributed by atoms with Crippen LogP contribution in [0.15, 0.2) is 90.4 Å². The molecule has 5 amide bonds. The number of phenolic OH excluding ortho intramolecular Hbond substituents is 1. The van der Waals surface area contributed by atoms with Crippen LogP contribution in [0.25, 0.3) is 5.70 Å². The SMILES string of the molecule is NC(N)=C(/C=C(\N)c1ccccc1O)N1CCC(CNC(=O)CNc2cccc3c2C(=O)N(C2CCC(=O)NC2=O)C3=O)(c2ccccc2)CC1. The van der Waals surface area contributed by atoms with Crippen LogP contribution in [-0.4, -0.2) is 76.7 Å². The molecule has 1 unspecified atom stereocenters. The van der Waals surface area contributed by atoms with Crippen molar-refractivity contribution in [2.24, 2.45) is 17.2 Å². The predicted octanol–water partition coefficient (Wildman–Crippen LogP) is 1.44. The molecule has 2 fully saturated rings. The Bertz CT molecular complexity index is 1950. The Morgan fingerprint density at radius 3 is 2.31 bits per heavy atom. The lowest BCUT2D eigenvalue weighted by Gasteiger charge is -2.43. The Kier molecular flexibility index (Phi) is 9.67. The minimum Gasteiger partial charge on any atom is -0.507 e. The second kappa shape index (κ2) is 14.3. The third-order valence-electron chi connectivity index (χ3n) is 9.78. The number of para-hydroxylation sites is 1. The number of nitrogens with zero attached hydrogens (tertiary/aromatic N) is 2. The van der Waals surface area contributed by atoms with Gasteiger partial charge in [-0.15, -0.1) is 0 Å². The van der Waals surface area contributed by atoms with Crippen LogP contribution in [-0.2, 0) is 19.8 Å². The van der Waals surface area contributed by atoms with Crippen LogP contribution in [0.5, 0.6) is 5.75 Å². The monoisotopic (exact) mass is 692 g/mol. The van der Waals surface area contributed by atoms with Gasteiger partial charge in [-0.1, -0.05) is 48.5 Å². The first kappa shape index (κ1) is 34.5. The van der Waals surface area contributed by atoms with Crippen LogP contribution in [0.3, 0.4) is 0 Å². The second-order valence-corrected chi connectivity index (χ2v) is 12.9. The summed E-state index contributed by atoms with van der Waals surface area (Å²) in [6.07, 6.45) is 3.01. The molecule has 0 aliphatic carbocycles. The molecule has 10 N–H and O–H groups in total. The lowest BCUT2D eigenvalue weighted by Crippen LogP contribution is -2.54. The van der Waals surface area contributed by atoms with E-state index >= 15 is 0 Å². The topological polar surface area (TPSA) is 226 Å². The number of hydrogen-bond donors (Lipinski definition) is 7. The van der Waals surface area contributed by atoms with Crippen molar-refractivity contribution in [1.29, 1.82) is 0 Å². The lowest BCUT2D eigenvalue weighted by atomic mass is 9.72. The van der Waals surface area contributed by atoms with E-state index in [1.807, 2.05) is 35.2 Å². The summed E-state index contributed by atoms with van der Waals surface area (Å²) in [7, 11) is 0. The number of fused-ring (bicyclic) bond motifs is 1. The number of aromatic hydroxyl groups is 1. The van der Waals surface area contributed by atoms with Gasteiger partial charge >= 0.3 is 0 Å². The van der Waals surface area contributed by atoms with Crippen molar-refractivity contribution >= 4 is 40.9 Å². The normalized spacial score (nSPS) is 18.6. The van der Waals surface area contributed by atoms with E-state index in [2.05, 4.69) is 16.0 Å². The number of nitrogens with two attached hydrogens (primary N) is 3. The number of nitrogens with one attached hydrogen (secondary N) is 3. The highest BCUT2D eigenvalue weighted by Gasteiger charge is 2.45. The van der Waals surface area contributed by atoms with Gasteiger partial charge in [0.15, 0.2) is 0 Å². The average molecular weight is 693 g/mol. The van der Waals surface area contributed by atoms with E-state index in [4.69, 9.17) is 17.2 Å². The van der Waals surface area contributed by atoms with Crippen molar-refractivity contribution in [3.05, 3.63) is 113 Å². The number of allylic oxidation sites excluding steroid dienone is 1. The maximum Gasteiger partial charge on any atom is 0.264 e. The summed E-state index contributed by atoms with van der Waals surface area (Å²) in [5, 5.41) is 18.5. The first-order chi connectivity index (χ1) is 24.5. The summed E-state index contributed by atoms with van der Waals surface area (Å²) in [5.74, 6) is -2.63. The molecular formula is C37H40N8O6. The number of hydrogen-bond acceptors (Lipinski definition) is 11. The van der Waals surface area contributed by atoms with E-state index in [1.165, 1.54) is 6.07 Å². The molecule has 264 valence electrons. The minimum absolute atomic E-state index is 0.0157. The highest BCUT2D eigenvalue weighted by molar-refractivity contribution is 6.25. The van der Waals surface area contributed by atoms with Gasteiger partial charge in [0, 0.05) is 48.4 Å². The summed E-state index contributed by atoms with van der Waals surface area (Å²) in [4.78, 5) is 67.0. The van der Waals surface area contributed by atoms with Crippen molar-refractivity contribution in [1.82, 2.24) is 20.4 Å². The maximum absolute atomic E-state index is 13.4. The Hall–Kier alpha value is -6.31. The standard InChI is InChI=1S/C37H40N8O6/c38-25(23-9-4-5-12-29(23)46)19-28(33(39)40)44-17-15-37(16-18-44,22-7-2-1-3-8-22)21-42-31(48)20-41-26-11-6-10-24-32(26)36(51)45(35(24)50)27-13-14-30(47)43-34(27)49/h1-12,19,27,41,46H,13-18,20-21,38-40H2,(H,42,48)(H,43,47,49)/b25-19-. The molecule has 0 bridgehead atoms. The van der Waals surface area contributed by atoms with E-state index < -0.39 is 35.1 Å². The van der Waals surface area contributed by atoms with Crippen LogP contribution in [0.2, 0.25) is 0 Å². The largest absolute Gasteiger partial charge is 0.507 e. The van der Waals surface area contributed by atoms with Gasteiger partial charge in [-0.25, -0.2) is 0 Å². The molecule has 3 aliphatic heterocycles. The fourth-order valence-electron chi connectivity index (χ4n) is 7.00. The molecule has 2 saturated heterocycles. The number of benzene rings is 3.